The van der Waals surface area contributed by atoms with Crippen molar-refractivity contribution in [3.63, 3.8) is 0 Å². The van der Waals surface area contributed by atoms with Crippen LogP contribution in [0.25, 0.3) is 0 Å². The Morgan fingerprint density at radius 3 is 3.00 bits per heavy atom. The average Bonchev–Trinajstić information content (AvgIpc) is 2.75. The lowest BCUT2D eigenvalue weighted by atomic mass is 10.1. The number of hydrogen-bond acceptors (Lipinski definition) is 5. The normalized spacial score (nSPS) is 21.0. The molecule has 0 radical (unpaired) electrons. The first-order valence-electron chi connectivity index (χ1n) is 6.22. The van der Waals surface area contributed by atoms with Crippen LogP contribution in [0, 0.1) is 0 Å². The van der Waals surface area contributed by atoms with E-state index >= 15 is 0 Å². The van der Waals surface area contributed by atoms with Gasteiger partial charge in [-0.3, -0.25) is 4.90 Å². The molecule has 0 aromatic carbocycles. The molecule has 6 heteroatoms. The molecule has 1 unspecified atom stereocenters. The molecule has 0 spiro atoms. The van der Waals surface area contributed by atoms with E-state index in [9.17, 15) is 0 Å². The molecule has 1 saturated heterocycles. The molecule has 1 atom stereocenters. The summed E-state index contributed by atoms with van der Waals surface area (Å²) in [6.07, 6.45) is 3.71. The molecule has 96 valence electrons. The van der Waals surface area contributed by atoms with E-state index in [0.29, 0.717) is 10.5 Å². The van der Waals surface area contributed by atoms with Gasteiger partial charge in [0, 0.05) is 12.6 Å². The standard InChI is InChI=1S/C11H19ClN4S/c1-2-6-16(9-4-3-5-13-7-9)8-10-14-15-11(12)17-10/h9,13H,2-8H2,1H3. The van der Waals surface area contributed by atoms with Crippen molar-refractivity contribution in [1.29, 1.82) is 0 Å². The van der Waals surface area contributed by atoms with Crippen molar-refractivity contribution in [3.05, 3.63) is 9.47 Å². The fourth-order valence-electron chi connectivity index (χ4n) is 2.29. The molecular weight excluding hydrogens is 256 g/mol. The maximum absolute atomic E-state index is 5.82. The first kappa shape index (κ1) is 13.2. The van der Waals surface area contributed by atoms with Gasteiger partial charge in [-0.15, -0.1) is 10.2 Å². The summed E-state index contributed by atoms with van der Waals surface area (Å²) in [6.45, 7) is 6.46. The van der Waals surface area contributed by atoms with Gasteiger partial charge >= 0.3 is 0 Å². The van der Waals surface area contributed by atoms with E-state index in [1.807, 2.05) is 0 Å². The predicted molar refractivity (Wildman–Crippen MR) is 71.5 cm³/mol. The van der Waals surface area contributed by atoms with Gasteiger partial charge in [0.15, 0.2) is 0 Å². The predicted octanol–water partition coefficient (Wildman–Crippen LogP) is 2.16. The van der Waals surface area contributed by atoms with E-state index in [1.54, 1.807) is 0 Å². The summed E-state index contributed by atoms with van der Waals surface area (Å²) >= 11 is 7.31. The average molecular weight is 275 g/mol. The summed E-state index contributed by atoms with van der Waals surface area (Å²) in [5.74, 6) is 0. The summed E-state index contributed by atoms with van der Waals surface area (Å²) < 4.78 is 0.540. The Bertz CT molecular complexity index is 338. The maximum atomic E-state index is 5.82. The minimum Gasteiger partial charge on any atom is -0.315 e. The molecule has 2 rings (SSSR count). The number of aromatic nitrogens is 2. The minimum absolute atomic E-state index is 0.540. The molecule has 0 amide bonds. The number of piperidine rings is 1. The molecule has 17 heavy (non-hydrogen) atoms. The summed E-state index contributed by atoms with van der Waals surface area (Å²) in [6, 6.07) is 0.631. The molecule has 0 aliphatic carbocycles. The van der Waals surface area contributed by atoms with E-state index in [4.69, 9.17) is 11.6 Å². The van der Waals surface area contributed by atoms with Crippen LogP contribution in [0.3, 0.4) is 0 Å². The quantitative estimate of drug-likeness (QED) is 0.893. The third kappa shape index (κ3) is 3.88. The second kappa shape index (κ2) is 6.64. The van der Waals surface area contributed by atoms with Crippen LogP contribution in [0.15, 0.2) is 0 Å². The van der Waals surface area contributed by atoms with Gasteiger partial charge in [-0.2, -0.15) is 0 Å². The Hall–Kier alpha value is -0.230. The fraction of sp³-hybridized carbons (Fsp3) is 0.818. The highest BCUT2D eigenvalue weighted by molar-refractivity contribution is 7.15. The van der Waals surface area contributed by atoms with Crippen LogP contribution in [0.4, 0.5) is 0 Å². The smallest absolute Gasteiger partial charge is 0.207 e. The highest BCUT2D eigenvalue weighted by Crippen LogP contribution is 2.19. The van der Waals surface area contributed by atoms with Gasteiger partial charge < -0.3 is 5.32 Å². The Morgan fingerprint density at radius 2 is 2.41 bits per heavy atom. The van der Waals surface area contributed by atoms with Gasteiger partial charge in [-0.05, 0) is 44.0 Å². The lowest BCUT2D eigenvalue weighted by molar-refractivity contribution is 0.157. The fourth-order valence-corrected chi connectivity index (χ4v) is 3.19. The Labute approximate surface area is 111 Å². The molecule has 1 fully saturated rings. The highest BCUT2D eigenvalue weighted by atomic mass is 35.5. The zero-order valence-corrected chi connectivity index (χ0v) is 11.7. The largest absolute Gasteiger partial charge is 0.315 e. The van der Waals surface area contributed by atoms with Crippen molar-refractivity contribution >= 4 is 22.9 Å². The van der Waals surface area contributed by atoms with Crippen LogP contribution < -0.4 is 5.32 Å². The lowest BCUT2D eigenvalue weighted by Crippen LogP contribution is -2.45. The maximum Gasteiger partial charge on any atom is 0.207 e. The zero-order chi connectivity index (χ0) is 12.1. The van der Waals surface area contributed by atoms with Gasteiger partial charge in [0.1, 0.15) is 5.01 Å². The van der Waals surface area contributed by atoms with Crippen LogP contribution in [-0.4, -0.2) is 40.8 Å². The van der Waals surface area contributed by atoms with Crippen LogP contribution in [0.2, 0.25) is 4.47 Å². The molecule has 1 aliphatic rings. The second-order valence-corrected chi connectivity index (χ2v) is 6.06. The van der Waals surface area contributed by atoms with E-state index in [1.165, 1.54) is 30.6 Å². The number of rotatable bonds is 5. The number of nitrogens with one attached hydrogen (secondary N) is 1. The number of halogens is 1. The summed E-state index contributed by atoms with van der Waals surface area (Å²) in [5.41, 5.74) is 0. The first-order valence-corrected chi connectivity index (χ1v) is 7.41. The van der Waals surface area contributed by atoms with E-state index < -0.39 is 0 Å². The van der Waals surface area contributed by atoms with Crippen molar-refractivity contribution < 1.29 is 0 Å². The topological polar surface area (TPSA) is 41.1 Å². The molecule has 1 aliphatic heterocycles. The third-order valence-corrected chi connectivity index (χ3v) is 4.08. The van der Waals surface area contributed by atoms with Crippen molar-refractivity contribution in [2.75, 3.05) is 19.6 Å². The van der Waals surface area contributed by atoms with Gasteiger partial charge in [-0.25, -0.2) is 0 Å². The Kier molecular flexibility index (Phi) is 5.16. The lowest BCUT2D eigenvalue weighted by Gasteiger charge is -2.33. The second-order valence-electron chi connectivity index (χ2n) is 4.42. The SMILES string of the molecule is CCCN(Cc1nnc(Cl)s1)C1CCCNC1. The molecule has 1 aromatic heterocycles. The number of hydrogen-bond donors (Lipinski definition) is 1. The van der Waals surface area contributed by atoms with Crippen LogP contribution in [0.5, 0.6) is 0 Å². The molecule has 0 saturated carbocycles. The highest BCUT2D eigenvalue weighted by Gasteiger charge is 2.21. The monoisotopic (exact) mass is 274 g/mol. The van der Waals surface area contributed by atoms with Crippen LogP contribution in [0.1, 0.15) is 31.2 Å². The molecule has 4 nitrogen and oxygen atoms in total. The summed E-state index contributed by atoms with van der Waals surface area (Å²) in [7, 11) is 0. The third-order valence-electron chi connectivity index (χ3n) is 3.08. The first-order chi connectivity index (χ1) is 8.29. The molecule has 2 heterocycles. The number of nitrogens with zero attached hydrogens (tertiary/aromatic N) is 3. The molecule has 0 bridgehead atoms. The van der Waals surface area contributed by atoms with Gasteiger partial charge in [0.2, 0.25) is 4.47 Å². The van der Waals surface area contributed by atoms with Crippen molar-refractivity contribution in [2.24, 2.45) is 0 Å². The van der Waals surface area contributed by atoms with E-state index in [0.717, 1.165) is 31.2 Å². The van der Waals surface area contributed by atoms with Crippen molar-refractivity contribution in [3.8, 4) is 0 Å². The molecular formula is C11H19ClN4S. The van der Waals surface area contributed by atoms with Crippen molar-refractivity contribution in [2.45, 2.75) is 38.8 Å². The van der Waals surface area contributed by atoms with Crippen LogP contribution in [-0.2, 0) is 6.54 Å². The molecule has 1 N–H and O–H groups in total. The van der Waals surface area contributed by atoms with E-state index in [2.05, 4.69) is 27.3 Å². The summed E-state index contributed by atoms with van der Waals surface area (Å²) in [4.78, 5) is 2.50. The van der Waals surface area contributed by atoms with E-state index in [-0.39, 0.29) is 0 Å². The van der Waals surface area contributed by atoms with Gasteiger partial charge in [0.25, 0.3) is 0 Å². The summed E-state index contributed by atoms with van der Waals surface area (Å²) in [5, 5.41) is 12.5. The Balaban J connectivity index is 1.95. The zero-order valence-electron chi connectivity index (χ0n) is 10.2. The van der Waals surface area contributed by atoms with Crippen molar-refractivity contribution in [1.82, 2.24) is 20.4 Å². The van der Waals surface area contributed by atoms with Crippen LogP contribution >= 0.6 is 22.9 Å². The van der Waals surface area contributed by atoms with Gasteiger partial charge in [0.05, 0.1) is 6.54 Å². The minimum atomic E-state index is 0.540. The van der Waals surface area contributed by atoms with Gasteiger partial charge in [-0.1, -0.05) is 18.3 Å². The molecule has 1 aromatic rings. The Morgan fingerprint density at radius 1 is 1.53 bits per heavy atom.